The van der Waals surface area contributed by atoms with Crippen molar-refractivity contribution in [2.24, 2.45) is 0 Å². The Hall–Kier alpha value is -2.12. The van der Waals surface area contributed by atoms with E-state index in [0.29, 0.717) is 0 Å². The summed E-state index contributed by atoms with van der Waals surface area (Å²) in [5.74, 6) is 0. The predicted octanol–water partition coefficient (Wildman–Crippen LogP) is 7.12. The maximum Gasteiger partial charge on any atom is 0.0393 e. The second-order valence-corrected chi connectivity index (χ2v) is 8.53. The minimum Gasteiger partial charge on any atom is -0.135 e. The van der Waals surface area contributed by atoms with E-state index in [4.69, 9.17) is 0 Å². The number of hydrogen-bond donors (Lipinski definition) is 0. The lowest BCUT2D eigenvalue weighted by atomic mass is 9.78. The van der Waals surface area contributed by atoms with E-state index < -0.39 is 0 Å². The van der Waals surface area contributed by atoms with Crippen LogP contribution in [0, 0.1) is 0 Å². The molecule has 0 spiro atoms. The van der Waals surface area contributed by atoms with Crippen molar-refractivity contribution >= 4 is 31.5 Å². The first-order chi connectivity index (χ1) is 12.1. The van der Waals surface area contributed by atoms with Crippen LogP contribution >= 0.6 is 11.3 Å². The Morgan fingerprint density at radius 1 is 1.04 bits per heavy atom. The van der Waals surface area contributed by atoms with E-state index >= 15 is 0 Å². The highest BCUT2D eigenvalue weighted by molar-refractivity contribution is 7.26. The smallest absolute Gasteiger partial charge is 0.0393 e. The normalized spacial score (nSPS) is 19.0. The van der Waals surface area contributed by atoms with Crippen LogP contribution in [0.3, 0.4) is 0 Å². The third kappa shape index (κ3) is 2.77. The van der Waals surface area contributed by atoms with E-state index in [0.717, 1.165) is 19.3 Å². The average molecular weight is 345 g/mol. The summed E-state index contributed by atoms with van der Waals surface area (Å²) in [6.07, 6.45) is 14.0. The lowest BCUT2D eigenvalue weighted by Gasteiger charge is -2.26. The summed E-state index contributed by atoms with van der Waals surface area (Å²) in [5, 5.41) is 2.79. The van der Waals surface area contributed by atoms with E-state index in [1.165, 1.54) is 36.9 Å². The molecule has 0 saturated carbocycles. The summed E-state index contributed by atoms with van der Waals surface area (Å²) in [4.78, 5) is 0. The molecular formula is C24H24S. The zero-order valence-corrected chi connectivity index (χ0v) is 15.8. The number of hydrogen-bond acceptors (Lipinski definition) is 1. The van der Waals surface area contributed by atoms with Crippen LogP contribution in [0.25, 0.3) is 20.2 Å². The Balaban J connectivity index is 2.05. The standard InChI is InChI=1S/C24H24S/c1-4-10-17-11-9-13-18-19-14-15-21-20(23(19)25-22(17)18)12-7-5-6-8-16-24(21,2)3/h4-9,11,13-15H,1,10,12,16H2,2-3H3/b7-5-,8-6-. The first kappa shape index (κ1) is 16.4. The van der Waals surface area contributed by atoms with E-state index in [1.807, 2.05) is 17.4 Å². The van der Waals surface area contributed by atoms with Gasteiger partial charge < -0.3 is 0 Å². The van der Waals surface area contributed by atoms with Gasteiger partial charge in [-0.2, -0.15) is 0 Å². The minimum atomic E-state index is 0.159. The lowest BCUT2D eigenvalue weighted by Crippen LogP contribution is -2.18. The monoisotopic (exact) mass is 344 g/mol. The Morgan fingerprint density at radius 2 is 1.84 bits per heavy atom. The molecule has 1 aliphatic carbocycles. The van der Waals surface area contributed by atoms with Gasteiger partial charge in [0.25, 0.3) is 0 Å². The molecule has 0 saturated heterocycles. The fraction of sp³-hybridized carbons (Fsp3) is 0.250. The van der Waals surface area contributed by atoms with Gasteiger partial charge in [-0.15, -0.1) is 17.9 Å². The molecule has 0 unspecified atom stereocenters. The molecule has 0 amide bonds. The van der Waals surface area contributed by atoms with Gasteiger partial charge in [-0.05, 0) is 41.4 Å². The van der Waals surface area contributed by atoms with Crippen LogP contribution in [0.2, 0.25) is 0 Å². The van der Waals surface area contributed by atoms with Crippen LogP contribution in [0.15, 0.2) is 67.3 Å². The van der Waals surface area contributed by atoms with Crippen LogP contribution in [-0.4, -0.2) is 0 Å². The average Bonchev–Trinajstić information content (AvgIpc) is 3.00. The third-order valence-electron chi connectivity index (χ3n) is 5.28. The van der Waals surface area contributed by atoms with Crippen molar-refractivity contribution in [3.05, 3.63) is 84.0 Å². The third-order valence-corrected chi connectivity index (χ3v) is 6.63. The quantitative estimate of drug-likeness (QED) is 0.434. The topological polar surface area (TPSA) is 0 Å². The van der Waals surface area contributed by atoms with Gasteiger partial charge in [0.05, 0.1) is 0 Å². The summed E-state index contributed by atoms with van der Waals surface area (Å²) in [6, 6.07) is 11.4. The molecule has 3 aromatic rings. The molecule has 0 aliphatic heterocycles. The molecule has 0 fully saturated rings. The highest BCUT2D eigenvalue weighted by Gasteiger charge is 2.25. The number of allylic oxidation sites excluding steroid dienone is 5. The highest BCUT2D eigenvalue weighted by Crippen LogP contribution is 2.42. The maximum absolute atomic E-state index is 3.93. The Kier molecular flexibility index (Phi) is 4.13. The summed E-state index contributed by atoms with van der Waals surface area (Å²) >= 11 is 1.96. The van der Waals surface area contributed by atoms with Gasteiger partial charge in [0.15, 0.2) is 0 Å². The number of benzene rings is 2. The van der Waals surface area contributed by atoms with Gasteiger partial charge in [-0.25, -0.2) is 0 Å². The molecule has 4 rings (SSSR count). The second kappa shape index (κ2) is 6.31. The number of thiophene rings is 1. The molecule has 0 bridgehead atoms. The van der Waals surface area contributed by atoms with Crippen LogP contribution in [-0.2, 0) is 18.3 Å². The summed E-state index contributed by atoms with van der Waals surface area (Å²) < 4.78 is 2.88. The van der Waals surface area contributed by atoms with Crippen molar-refractivity contribution < 1.29 is 0 Å². The molecule has 0 atom stereocenters. The largest absolute Gasteiger partial charge is 0.135 e. The van der Waals surface area contributed by atoms with Gasteiger partial charge in [-0.3, -0.25) is 0 Å². The van der Waals surface area contributed by atoms with E-state index in [1.54, 1.807) is 0 Å². The molecule has 2 aromatic carbocycles. The minimum absolute atomic E-state index is 0.159. The van der Waals surface area contributed by atoms with E-state index in [-0.39, 0.29) is 5.41 Å². The molecule has 0 nitrogen and oxygen atoms in total. The van der Waals surface area contributed by atoms with Crippen molar-refractivity contribution in [1.82, 2.24) is 0 Å². The summed E-state index contributed by atoms with van der Waals surface area (Å²) in [7, 11) is 0. The lowest BCUT2D eigenvalue weighted by molar-refractivity contribution is 0.531. The van der Waals surface area contributed by atoms with Gasteiger partial charge in [-0.1, -0.05) is 74.6 Å². The van der Waals surface area contributed by atoms with Gasteiger partial charge in [0.1, 0.15) is 0 Å². The van der Waals surface area contributed by atoms with Crippen LogP contribution in [0.1, 0.15) is 37.0 Å². The van der Waals surface area contributed by atoms with Crippen molar-refractivity contribution in [1.29, 1.82) is 0 Å². The first-order valence-corrected chi connectivity index (χ1v) is 9.82. The van der Waals surface area contributed by atoms with Crippen molar-refractivity contribution in [2.75, 3.05) is 0 Å². The fourth-order valence-electron chi connectivity index (χ4n) is 3.94. The molecule has 1 aromatic heterocycles. The van der Waals surface area contributed by atoms with Crippen molar-refractivity contribution in [2.45, 2.75) is 38.5 Å². The molecular weight excluding hydrogens is 320 g/mol. The molecule has 0 radical (unpaired) electrons. The molecule has 1 heteroatoms. The zero-order valence-electron chi connectivity index (χ0n) is 15.0. The van der Waals surface area contributed by atoms with Gasteiger partial charge in [0, 0.05) is 20.2 Å². The zero-order chi connectivity index (χ0) is 17.4. The fourth-order valence-corrected chi connectivity index (χ4v) is 5.32. The van der Waals surface area contributed by atoms with Crippen molar-refractivity contribution in [3.63, 3.8) is 0 Å². The molecule has 126 valence electrons. The van der Waals surface area contributed by atoms with Gasteiger partial charge in [0.2, 0.25) is 0 Å². The van der Waals surface area contributed by atoms with Crippen LogP contribution in [0.5, 0.6) is 0 Å². The van der Waals surface area contributed by atoms with Crippen LogP contribution < -0.4 is 0 Å². The molecule has 25 heavy (non-hydrogen) atoms. The maximum atomic E-state index is 3.93. The molecule has 0 N–H and O–H groups in total. The van der Waals surface area contributed by atoms with Crippen LogP contribution in [0.4, 0.5) is 0 Å². The second-order valence-electron chi connectivity index (χ2n) is 7.51. The molecule has 1 heterocycles. The highest BCUT2D eigenvalue weighted by atomic mass is 32.1. The SMILES string of the molecule is C=CCc1cccc2c1sc1c3c(ccc12)C(C)(C)C/C=C\C=C/C3. The Bertz CT molecular complexity index is 1010. The Labute approximate surface area is 154 Å². The van der Waals surface area contributed by atoms with Crippen molar-refractivity contribution in [3.8, 4) is 0 Å². The summed E-state index contributed by atoms with van der Waals surface area (Å²) in [5.41, 5.74) is 4.55. The predicted molar refractivity (Wildman–Crippen MR) is 113 cm³/mol. The first-order valence-electron chi connectivity index (χ1n) is 9.01. The van der Waals surface area contributed by atoms with Gasteiger partial charge >= 0.3 is 0 Å². The Morgan fingerprint density at radius 3 is 2.68 bits per heavy atom. The molecule has 1 aliphatic rings. The van der Waals surface area contributed by atoms with E-state index in [9.17, 15) is 0 Å². The number of rotatable bonds is 2. The van der Waals surface area contributed by atoms with E-state index in [2.05, 4.69) is 75.1 Å². The number of fused-ring (bicyclic) bond motifs is 5. The summed E-state index contributed by atoms with van der Waals surface area (Å²) in [6.45, 7) is 8.66.